The fourth-order valence-electron chi connectivity index (χ4n) is 2.45. The number of rotatable bonds is 8. The van der Waals surface area contributed by atoms with Crippen LogP contribution in [-0.2, 0) is 16.0 Å². The molecule has 7 nitrogen and oxygen atoms in total. The number of nitrogens with one attached hydrogen (secondary N) is 1. The van der Waals surface area contributed by atoms with Crippen molar-refractivity contribution in [1.82, 2.24) is 5.32 Å². The first-order chi connectivity index (χ1) is 11.9. The molecule has 25 heavy (non-hydrogen) atoms. The smallest absolute Gasteiger partial charge is 0.336 e. The van der Waals surface area contributed by atoms with Gasteiger partial charge in [0.15, 0.2) is 6.10 Å². The molecule has 1 aromatic heterocycles. The van der Waals surface area contributed by atoms with Crippen LogP contribution in [0.4, 0.5) is 0 Å². The number of carbonyl (C=O) groups excluding carboxylic acids is 2. The molecule has 0 aliphatic rings. The maximum Gasteiger partial charge on any atom is 0.336 e. The molecule has 0 aliphatic heterocycles. The lowest BCUT2D eigenvalue weighted by atomic mass is 10.1. The standard InChI is InChI=1S/C18H21NO6/c1-3-4-12-9-17(22)25-15-10-13(5-6-14(12)15)24-11(2)18(23)19-8-7-16(20)21/h5-6,9-11H,3-4,7-8H2,1-2H3,(H,19,23)(H,20,21)/p-1/t11-/m0/s1. The third kappa shape index (κ3) is 5.07. The predicted molar refractivity (Wildman–Crippen MR) is 89.2 cm³/mol. The lowest BCUT2D eigenvalue weighted by Crippen LogP contribution is -2.38. The van der Waals surface area contributed by atoms with E-state index in [0.29, 0.717) is 11.3 Å². The summed E-state index contributed by atoms with van der Waals surface area (Å²) in [6.45, 7) is 3.54. The summed E-state index contributed by atoms with van der Waals surface area (Å²) in [6.07, 6.45) is 0.573. The summed E-state index contributed by atoms with van der Waals surface area (Å²) in [5.41, 5.74) is 0.882. The van der Waals surface area contributed by atoms with Gasteiger partial charge in [0.1, 0.15) is 11.3 Å². The number of fused-ring (bicyclic) bond motifs is 1. The van der Waals surface area contributed by atoms with Crippen LogP contribution in [0, 0.1) is 0 Å². The van der Waals surface area contributed by atoms with Crippen molar-refractivity contribution in [2.75, 3.05) is 6.54 Å². The minimum Gasteiger partial charge on any atom is -0.550 e. The number of benzene rings is 1. The topological polar surface area (TPSA) is 109 Å². The highest BCUT2D eigenvalue weighted by Crippen LogP contribution is 2.24. The molecular formula is C18H20NO6-. The van der Waals surface area contributed by atoms with E-state index < -0.39 is 23.6 Å². The van der Waals surface area contributed by atoms with E-state index in [0.717, 1.165) is 23.8 Å². The van der Waals surface area contributed by atoms with Crippen molar-refractivity contribution in [2.24, 2.45) is 0 Å². The van der Waals surface area contributed by atoms with E-state index in [4.69, 9.17) is 9.15 Å². The molecule has 1 N–H and O–H groups in total. The number of amides is 1. The average molecular weight is 346 g/mol. The zero-order valence-electron chi connectivity index (χ0n) is 14.2. The summed E-state index contributed by atoms with van der Waals surface area (Å²) in [6, 6.07) is 6.55. The minimum absolute atomic E-state index is 0.0260. The minimum atomic E-state index is -1.23. The normalized spacial score (nSPS) is 11.9. The van der Waals surface area contributed by atoms with Crippen molar-refractivity contribution in [3.63, 3.8) is 0 Å². The van der Waals surface area contributed by atoms with Crippen LogP contribution in [0.1, 0.15) is 32.3 Å². The molecule has 0 aliphatic carbocycles. The number of carboxylic acids is 1. The van der Waals surface area contributed by atoms with Gasteiger partial charge in [0, 0.05) is 36.5 Å². The molecule has 0 bridgehead atoms. The summed E-state index contributed by atoms with van der Waals surface area (Å²) in [4.78, 5) is 33.9. The van der Waals surface area contributed by atoms with Gasteiger partial charge in [0.25, 0.3) is 5.91 Å². The highest BCUT2D eigenvalue weighted by atomic mass is 16.5. The third-order valence-electron chi connectivity index (χ3n) is 3.63. The number of aliphatic carboxylic acids is 1. The first-order valence-electron chi connectivity index (χ1n) is 8.11. The Labute approximate surface area is 144 Å². The zero-order valence-corrected chi connectivity index (χ0v) is 14.2. The van der Waals surface area contributed by atoms with Crippen molar-refractivity contribution in [2.45, 2.75) is 39.2 Å². The Balaban J connectivity index is 2.12. The van der Waals surface area contributed by atoms with Gasteiger partial charge in [-0.1, -0.05) is 13.3 Å². The lowest BCUT2D eigenvalue weighted by molar-refractivity contribution is -0.305. The Hall–Kier alpha value is -2.83. The van der Waals surface area contributed by atoms with E-state index in [-0.39, 0.29) is 13.0 Å². The fraction of sp³-hybridized carbons (Fsp3) is 0.389. The van der Waals surface area contributed by atoms with Gasteiger partial charge in [0.05, 0.1) is 0 Å². The highest BCUT2D eigenvalue weighted by molar-refractivity contribution is 5.83. The number of carbonyl (C=O) groups is 2. The Morgan fingerprint density at radius 2 is 2.08 bits per heavy atom. The van der Waals surface area contributed by atoms with E-state index in [1.807, 2.05) is 6.92 Å². The van der Waals surface area contributed by atoms with Gasteiger partial charge in [-0.05, 0) is 31.0 Å². The van der Waals surface area contributed by atoms with Crippen molar-refractivity contribution in [1.29, 1.82) is 0 Å². The van der Waals surface area contributed by atoms with E-state index in [9.17, 15) is 19.5 Å². The van der Waals surface area contributed by atoms with Crippen LogP contribution < -0.4 is 20.8 Å². The maximum atomic E-state index is 11.9. The molecule has 0 saturated heterocycles. The van der Waals surface area contributed by atoms with E-state index >= 15 is 0 Å². The summed E-state index contributed by atoms with van der Waals surface area (Å²) in [5.74, 6) is -1.30. The van der Waals surface area contributed by atoms with Gasteiger partial charge in [-0.15, -0.1) is 0 Å². The molecule has 134 valence electrons. The number of carboxylic acid groups (broad SMARTS) is 1. The Morgan fingerprint density at radius 3 is 2.76 bits per heavy atom. The quantitative estimate of drug-likeness (QED) is 0.707. The molecule has 1 amide bonds. The van der Waals surface area contributed by atoms with Gasteiger partial charge < -0.3 is 24.4 Å². The van der Waals surface area contributed by atoms with Crippen LogP contribution in [0.15, 0.2) is 33.5 Å². The summed E-state index contributed by atoms with van der Waals surface area (Å²) in [7, 11) is 0. The molecule has 2 rings (SSSR count). The van der Waals surface area contributed by atoms with Crippen molar-refractivity contribution in [3.8, 4) is 5.75 Å². The predicted octanol–water partition coefficient (Wildman–Crippen LogP) is 0.769. The maximum absolute atomic E-state index is 11.9. The van der Waals surface area contributed by atoms with Gasteiger partial charge in [-0.25, -0.2) is 4.79 Å². The Bertz CT molecular complexity index is 826. The van der Waals surface area contributed by atoms with Gasteiger partial charge in [-0.2, -0.15) is 0 Å². The molecule has 1 aromatic carbocycles. The second kappa shape index (κ2) is 8.32. The van der Waals surface area contributed by atoms with Crippen LogP contribution in [0.3, 0.4) is 0 Å². The number of ether oxygens (including phenoxy) is 1. The molecule has 0 saturated carbocycles. The number of hydrogen-bond donors (Lipinski definition) is 1. The van der Waals surface area contributed by atoms with Crippen LogP contribution in [-0.4, -0.2) is 24.5 Å². The molecule has 0 spiro atoms. The fourth-order valence-corrected chi connectivity index (χ4v) is 2.45. The average Bonchev–Trinajstić information content (AvgIpc) is 2.54. The van der Waals surface area contributed by atoms with Crippen molar-refractivity contribution < 1.29 is 23.8 Å². The van der Waals surface area contributed by atoms with E-state index in [1.54, 1.807) is 25.1 Å². The first kappa shape index (κ1) is 18.5. The highest BCUT2D eigenvalue weighted by Gasteiger charge is 2.15. The van der Waals surface area contributed by atoms with Crippen LogP contribution in [0.25, 0.3) is 11.0 Å². The van der Waals surface area contributed by atoms with Crippen LogP contribution in [0.5, 0.6) is 5.75 Å². The van der Waals surface area contributed by atoms with Crippen molar-refractivity contribution >= 4 is 22.8 Å². The molecule has 0 radical (unpaired) electrons. The summed E-state index contributed by atoms with van der Waals surface area (Å²) < 4.78 is 10.8. The van der Waals surface area contributed by atoms with Crippen LogP contribution >= 0.6 is 0 Å². The summed E-state index contributed by atoms with van der Waals surface area (Å²) >= 11 is 0. The lowest BCUT2D eigenvalue weighted by Gasteiger charge is -2.15. The second-order valence-electron chi connectivity index (χ2n) is 5.67. The molecule has 7 heteroatoms. The SMILES string of the molecule is CCCc1cc(=O)oc2cc(O[C@@H](C)C(=O)NCCC(=O)[O-])ccc12. The molecule has 0 fully saturated rings. The van der Waals surface area contributed by atoms with Crippen molar-refractivity contribution in [3.05, 3.63) is 40.2 Å². The van der Waals surface area contributed by atoms with Gasteiger partial charge >= 0.3 is 5.63 Å². The molecular weight excluding hydrogens is 326 g/mol. The monoisotopic (exact) mass is 346 g/mol. The molecule has 1 atom stereocenters. The van der Waals surface area contributed by atoms with Crippen LogP contribution in [0.2, 0.25) is 0 Å². The Kier molecular flexibility index (Phi) is 6.16. The third-order valence-corrected chi connectivity index (χ3v) is 3.63. The molecule has 2 aromatic rings. The molecule has 1 heterocycles. The number of aryl methyl sites for hydroxylation is 1. The summed E-state index contributed by atoms with van der Waals surface area (Å²) in [5, 5.41) is 13.6. The van der Waals surface area contributed by atoms with Gasteiger partial charge in [-0.3, -0.25) is 4.79 Å². The zero-order chi connectivity index (χ0) is 18.4. The van der Waals surface area contributed by atoms with E-state index in [2.05, 4.69) is 5.32 Å². The molecule has 0 unspecified atom stereocenters. The van der Waals surface area contributed by atoms with E-state index in [1.165, 1.54) is 6.07 Å². The van der Waals surface area contributed by atoms with Gasteiger partial charge in [0.2, 0.25) is 0 Å². The largest absolute Gasteiger partial charge is 0.550 e. The second-order valence-corrected chi connectivity index (χ2v) is 5.67. The number of hydrogen-bond acceptors (Lipinski definition) is 6. The first-order valence-corrected chi connectivity index (χ1v) is 8.11. The Morgan fingerprint density at radius 1 is 1.32 bits per heavy atom.